The lowest BCUT2D eigenvalue weighted by molar-refractivity contribution is -0.143. The first kappa shape index (κ1) is 21.4. The maximum atomic E-state index is 13.1. The molecule has 0 bridgehead atoms. The smallest absolute Gasteiger partial charge is 0.308 e. The molecule has 2 N–H and O–H groups in total. The molecule has 2 heterocycles. The average Bonchev–Trinajstić information content (AvgIpc) is 3.15. The van der Waals surface area contributed by atoms with E-state index < -0.39 is 12.0 Å². The van der Waals surface area contributed by atoms with E-state index in [9.17, 15) is 14.4 Å². The SMILES string of the molecule is COC(=O)C[C@H]1Nc2ccc(C(=O)N(C)Cc3nc4ccccc4[nH]3)cc2CN(C)C1=O. The van der Waals surface area contributed by atoms with Crippen molar-refractivity contribution in [2.45, 2.75) is 25.6 Å². The van der Waals surface area contributed by atoms with Crippen molar-refractivity contribution in [3.63, 3.8) is 0 Å². The van der Waals surface area contributed by atoms with Crippen LogP contribution in [0.25, 0.3) is 11.0 Å². The zero-order valence-corrected chi connectivity index (χ0v) is 18.2. The summed E-state index contributed by atoms with van der Waals surface area (Å²) in [6.07, 6.45) is -0.0694. The third-order valence-corrected chi connectivity index (χ3v) is 5.53. The molecule has 0 radical (unpaired) electrons. The summed E-state index contributed by atoms with van der Waals surface area (Å²) >= 11 is 0. The standard InChI is InChI=1S/C23H25N5O4/c1-27-12-15-10-14(8-9-16(15)24-19(23(27)31)11-21(29)32-3)22(30)28(2)13-20-25-17-6-4-5-7-18(17)26-20/h4-10,19,24H,11-13H2,1-3H3,(H,25,26)/t19-/m1/s1. The zero-order chi connectivity index (χ0) is 22.8. The highest BCUT2D eigenvalue weighted by Gasteiger charge is 2.30. The number of rotatable bonds is 5. The fraction of sp³-hybridized carbons (Fsp3) is 0.304. The number of H-pyrrole nitrogens is 1. The Kier molecular flexibility index (Phi) is 5.81. The third-order valence-electron chi connectivity index (χ3n) is 5.53. The normalized spacial score (nSPS) is 15.7. The van der Waals surface area contributed by atoms with E-state index in [1.54, 1.807) is 42.1 Å². The number of hydrogen-bond donors (Lipinski definition) is 2. The lowest BCUT2D eigenvalue weighted by atomic mass is 10.1. The topological polar surface area (TPSA) is 108 Å². The molecule has 9 nitrogen and oxygen atoms in total. The number of methoxy groups -OCH3 is 1. The van der Waals surface area contributed by atoms with Gasteiger partial charge in [0.05, 0.1) is 31.1 Å². The predicted molar refractivity (Wildman–Crippen MR) is 119 cm³/mol. The van der Waals surface area contributed by atoms with Crippen LogP contribution in [0, 0.1) is 0 Å². The van der Waals surface area contributed by atoms with Gasteiger partial charge >= 0.3 is 5.97 Å². The summed E-state index contributed by atoms with van der Waals surface area (Å²) in [7, 11) is 4.69. The summed E-state index contributed by atoms with van der Waals surface area (Å²) in [6.45, 7) is 0.662. The third kappa shape index (κ3) is 4.27. The summed E-state index contributed by atoms with van der Waals surface area (Å²) in [5, 5.41) is 3.12. The van der Waals surface area contributed by atoms with Crippen molar-refractivity contribution >= 4 is 34.5 Å². The second-order valence-electron chi connectivity index (χ2n) is 7.91. The average molecular weight is 435 g/mol. The fourth-order valence-corrected chi connectivity index (χ4v) is 3.83. The summed E-state index contributed by atoms with van der Waals surface area (Å²) < 4.78 is 4.70. The Morgan fingerprint density at radius 3 is 2.78 bits per heavy atom. The largest absolute Gasteiger partial charge is 0.469 e. The fourth-order valence-electron chi connectivity index (χ4n) is 3.83. The van der Waals surface area contributed by atoms with Gasteiger partial charge in [-0.1, -0.05) is 12.1 Å². The Balaban J connectivity index is 1.52. The molecule has 32 heavy (non-hydrogen) atoms. The lowest BCUT2D eigenvalue weighted by Crippen LogP contribution is -2.39. The number of esters is 1. The van der Waals surface area contributed by atoms with Crippen molar-refractivity contribution in [3.8, 4) is 0 Å². The van der Waals surface area contributed by atoms with E-state index >= 15 is 0 Å². The van der Waals surface area contributed by atoms with Gasteiger partial charge in [0.25, 0.3) is 5.91 Å². The van der Waals surface area contributed by atoms with E-state index in [4.69, 9.17) is 4.74 Å². The molecule has 0 spiro atoms. The molecule has 2 amide bonds. The number of aromatic nitrogens is 2. The molecule has 0 saturated heterocycles. The molecule has 0 unspecified atom stereocenters. The van der Waals surface area contributed by atoms with E-state index in [0.29, 0.717) is 30.2 Å². The number of aromatic amines is 1. The van der Waals surface area contributed by atoms with E-state index in [-0.39, 0.29) is 18.2 Å². The molecule has 1 aliphatic heterocycles. The van der Waals surface area contributed by atoms with Gasteiger partial charge in [0, 0.05) is 31.9 Å². The first-order valence-corrected chi connectivity index (χ1v) is 10.3. The number of fused-ring (bicyclic) bond motifs is 2. The highest BCUT2D eigenvalue weighted by Crippen LogP contribution is 2.25. The number of anilines is 1. The van der Waals surface area contributed by atoms with Gasteiger partial charge in [0.15, 0.2) is 0 Å². The Labute approximate surface area is 185 Å². The van der Waals surface area contributed by atoms with Crippen LogP contribution in [0.4, 0.5) is 5.69 Å². The first-order chi connectivity index (χ1) is 15.4. The number of amides is 2. The van der Waals surface area contributed by atoms with Crippen LogP contribution in [0.5, 0.6) is 0 Å². The number of nitrogens with one attached hydrogen (secondary N) is 2. The number of imidazole rings is 1. The van der Waals surface area contributed by atoms with E-state index in [0.717, 1.165) is 16.6 Å². The minimum atomic E-state index is -0.717. The number of carbonyl (C=O) groups is 3. The van der Waals surface area contributed by atoms with Crippen LogP contribution >= 0.6 is 0 Å². The van der Waals surface area contributed by atoms with Crippen molar-refractivity contribution in [2.24, 2.45) is 0 Å². The summed E-state index contributed by atoms with van der Waals surface area (Å²) in [5.74, 6) is -0.125. The quantitative estimate of drug-likeness (QED) is 0.595. The van der Waals surface area contributed by atoms with Crippen LogP contribution in [-0.2, 0) is 27.4 Å². The lowest BCUT2D eigenvalue weighted by Gasteiger charge is -2.19. The van der Waals surface area contributed by atoms with Crippen molar-refractivity contribution in [2.75, 3.05) is 26.5 Å². The van der Waals surface area contributed by atoms with Crippen LogP contribution in [0.1, 0.15) is 28.2 Å². The van der Waals surface area contributed by atoms with Gasteiger partial charge in [-0.25, -0.2) is 4.98 Å². The second kappa shape index (κ2) is 8.70. The maximum absolute atomic E-state index is 13.1. The Morgan fingerprint density at radius 1 is 1.25 bits per heavy atom. The molecule has 9 heteroatoms. The second-order valence-corrected chi connectivity index (χ2v) is 7.91. The van der Waals surface area contributed by atoms with E-state index in [2.05, 4.69) is 15.3 Å². The van der Waals surface area contributed by atoms with Crippen molar-refractivity contribution < 1.29 is 19.1 Å². The van der Waals surface area contributed by atoms with E-state index in [1.165, 1.54) is 7.11 Å². The van der Waals surface area contributed by atoms with Crippen LogP contribution in [0.2, 0.25) is 0 Å². The zero-order valence-electron chi connectivity index (χ0n) is 18.2. The number of carbonyl (C=O) groups excluding carboxylic acids is 3. The molecule has 0 fully saturated rings. The van der Waals surface area contributed by atoms with Gasteiger partial charge in [-0.05, 0) is 35.9 Å². The molecular weight excluding hydrogens is 410 g/mol. The molecule has 4 rings (SSSR count). The number of ether oxygens (including phenoxy) is 1. The highest BCUT2D eigenvalue weighted by molar-refractivity contribution is 5.95. The molecular formula is C23H25N5O4. The van der Waals surface area contributed by atoms with Gasteiger partial charge in [-0.3, -0.25) is 14.4 Å². The molecule has 0 aliphatic carbocycles. The maximum Gasteiger partial charge on any atom is 0.308 e. The monoisotopic (exact) mass is 435 g/mol. The van der Waals surface area contributed by atoms with Crippen molar-refractivity contribution in [3.05, 3.63) is 59.4 Å². The first-order valence-electron chi connectivity index (χ1n) is 10.3. The van der Waals surface area contributed by atoms with Gasteiger partial charge in [0.1, 0.15) is 11.9 Å². The van der Waals surface area contributed by atoms with Crippen LogP contribution < -0.4 is 5.32 Å². The number of para-hydroxylation sites is 2. The minimum Gasteiger partial charge on any atom is -0.469 e. The van der Waals surface area contributed by atoms with Gasteiger partial charge in [-0.2, -0.15) is 0 Å². The van der Waals surface area contributed by atoms with Crippen molar-refractivity contribution in [1.82, 2.24) is 19.8 Å². The van der Waals surface area contributed by atoms with E-state index in [1.807, 2.05) is 24.3 Å². The highest BCUT2D eigenvalue weighted by atomic mass is 16.5. The number of likely N-dealkylation sites (N-methyl/N-ethyl adjacent to an activating group) is 1. The molecule has 1 aromatic heterocycles. The summed E-state index contributed by atoms with van der Waals surface area (Å²) in [4.78, 5) is 48.3. The summed E-state index contributed by atoms with van der Waals surface area (Å²) in [5.41, 5.74) is 3.81. The number of hydrogen-bond acceptors (Lipinski definition) is 6. The molecule has 3 aromatic rings. The molecule has 0 saturated carbocycles. The number of nitrogens with zero attached hydrogens (tertiary/aromatic N) is 3. The molecule has 1 aliphatic rings. The predicted octanol–water partition coefficient (Wildman–Crippen LogP) is 2.15. The number of benzene rings is 2. The Morgan fingerprint density at radius 2 is 2.03 bits per heavy atom. The van der Waals surface area contributed by atoms with Crippen LogP contribution in [-0.4, -0.2) is 64.8 Å². The molecule has 2 aromatic carbocycles. The Bertz CT molecular complexity index is 1160. The Hall–Kier alpha value is -3.88. The van der Waals surface area contributed by atoms with Gasteiger partial charge in [-0.15, -0.1) is 0 Å². The van der Waals surface area contributed by atoms with Gasteiger partial charge in [0.2, 0.25) is 5.91 Å². The minimum absolute atomic E-state index is 0.0694. The van der Waals surface area contributed by atoms with Gasteiger partial charge < -0.3 is 24.8 Å². The van der Waals surface area contributed by atoms with Crippen LogP contribution in [0.3, 0.4) is 0 Å². The molecule has 1 atom stereocenters. The van der Waals surface area contributed by atoms with Crippen LogP contribution in [0.15, 0.2) is 42.5 Å². The van der Waals surface area contributed by atoms with Crippen molar-refractivity contribution in [1.29, 1.82) is 0 Å². The summed E-state index contributed by atoms with van der Waals surface area (Å²) in [6, 6.07) is 12.3. The molecule has 166 valence electrons.